The molecule has 6 N–H and O–H groups in total. The van der Waals surface area contributed by atoms with E-state index in [1.54, 1.807) is 0 Å². The van der Waals surface area contributed by atoms with Crippen LogP contribution in [0.3, 0.4) is 0 Å². The predicted molar refractivity (Wildman–Crippen MR) is 57.7 cm³/mol. The highest BCUT2D eigenvalue weighted by atomic mass is 14.9. The molecule has 0 aliphatic carbocycles. The van der Waals surface area contributed by atoms with Gasteiger partial charge in [0.15, 0.2) is 0 Å². The normalized spacial score (nSPS) is 13.2. The number of nitrogens with two attached hydrogens (primary N) is 2. The molecule has 4 heteroatoms. The van der Waals surface area contributed by atoms with E-state index in [1.807, 2.05) is 0 Å². The Morgan fingerprint density at radius 1 is 1.08 bits per heavy atom. The fourth-order valence-electron chi connectivity index (χ4n) is 1.24. The van der Waals surface area contributed by atoms with Gasteiger partial charge in [0, 0.05) is 32.2 Å². The van der Waals surface area contributed by atoms with Crippen molar-refractivity contribution in [2.24, 2.45) is 11.5 Å². The first-order valence-corrected chi connectivity index (χ1v) is 5.19. The summed E-state index contributed by atoms with van der Waals surface area (Å²) in [6, 6.07) is 0.592. The summed E-state index contributed by atoms with van der Waals surface area (Å²) >= 11 is 0. The average Bonchev–Trinajstić information content (AvgIpc) is 2.17. The molecule has 0 fully saturated rings. The minimum atomic E-state index is 0.592. The molecule has 0 rings (SSSR count). The third-order valence-corrected chi connectivity index (χ3v) is 2.06. The van der Waals surface area contributed by atoms with Gasteiger partial charge in [-0.15, -0.1) is 0 Å². The van der Waals surface area contributed by atoms with E-state index in [-0.39, 0.29) is 0 Å². The highest BCUT2D eigenvalue weighted by molar-refractivity contribution is 4.66. The van der Waals surface area contributed by atoms with Crippen molar-refractivity contribution in [2.45, 2.75) is 25.8 Å². The SMILES string of the molecule is CCC(CCNCCN)NCCN. The van der Waals surface area contributed by atoms with Gasteiger partial charge in [0.05, 0.1) is 0 Å². The van der Waals surface area contributed by atoms with Crippen LogP contribution in [0, 0.1) is 0 Å². The molecule has 0 aromatic rings. The average molecular weight is 188 g/mol. The highest BCUT2D eigenvalue weighted by Crippen LogP contribution is 1.94. The predicted octanol–water partition coefficient (Wildman–Crippen LogP) is -0.748. The Hall–Kier alpha value is -0.160. The quantitative estimate of drug-likeness (QED) is 0.359. The monoisotopic (exact) mass is 188 g/mol. The molecule has 0 heterocycles. The summed E-state index contributed by atoms with van der Waals surface area (Å²) in [5, 5.41) is 6.68. The summed E-state index contributed by atoms with van der Waals surface area (Å²) in [6.07, 6.45) is 2.31. The molecular formula is C9H24N4. The fourth-order valence-corrected chi connectivity index (χ4v) is 1.24. The molecule has 0 aliphatic rings. The Labute approximate surface area is 81.4 Å². The van der Waals surface area contributed by atoms with E-state index in [0.29, 0.717) is 19.1 Å². The van der Waals surface area contributed by atoms with Gasteiger partial charge in [0.1, 0.15) is 0 Å². The molecule has 1 unspecified atom stereocenters. The summed E-state index contributed by atoms with van der Waals surface area (Å²) in [5.41, 5.74) is 10.8. The first kappa shape index (κ1) is 12.8. The summed E-state index contributed by atoms with van der Waals surface area (Å²) in [6.45, 7) is 6.48. The number of hydrogen-bond donors (Lipinski definition) is 4. The number of hydrogen-bond acceptors (Lipinski definition) is 4. The van der Waals surface area contributed by atoms with Crippen LogP contribution < -0.4 is 22.1 Å². The van der Waals surface area contributed by atoms with Crippen molar-refractivity contribution >= 4 is 0 Å². The summed E-state index contributed by atoms with van der Waals surface area (Å²) < 4.78 is 0. The molecule has 13 heavy (non-hydrogen) atoms. The largest absolute Gasteiger partial charge is 0.329 e. The second-order valence-electron chi connectivity index (χ2n) is 3.18. The zero-order valence-electron chi connectivity index (χ0n) is 8.68. The Balaban J connectivity index is 3.25. The first-order chi connectivity index (χ1) is 6.35. The Morgan fingerprint density at radius 2 is 1.77 bits per heavy atom. The van der Waals surface area contributed by atoms with Crippen LogP contribution in [0.4, 0.5) is 0 Å². The van der Waals surface area contributed by atoms with E-state index >= 15 is 0 Å². The van der Waals surface area contributed by atoms with Gasteiger partial charge in [-0.2, -0.15) is 0 Å². The molecule has 0 saturated heterocycles. The van der Waals surface area contributed by atoms with Crippen LogP contribution in [-0.2, 0) is 0 Å². The molecule has 0 amide bonds. The fraction of sp³-hybridized carbons (Fsp3) is 1.00. The minimum Gasteiger partial charge on any atom is -0.329 e. The van der Waals surface area contributed by atoms with Crippen LogP contribution in [-0.4, -0.2) is 38.8 Å². The van der Waals surface area contributed by atoms with E-state index in [4.69, 9.17) is 11.5 Å². The molecule has 0 saturated carbocycles. The maximum absolute atomic E-state index is 5.41. The van der Waals surface area contributed by atoms with Gasteiger partial charge in [-0.3, -0.25) is 0 Å². The van der Waals surface area contributed by atoms with E-state index < -0.39 is 0 Å². The molecule has 80 valence electrons. The zero-order chi connectivity index (χ0) is 9.94. The number of nitrogens with one attached hydrogen (secondary N) is 2. The van der Waals surface area contributed by atoms with E-state index in [9.17, 15) is 0 Å². The Bertz CT molecular complexity index is 97.6. The van der Waals surface area contributed by atoms with Crippen molar-refractivity contribution in [1.82, 2.24) is 10.6 Å². The van der Waals surface area contributed by atoms with Crippen LogP contribution >= 0.6 is 0 Å². The summed E-state index contributed by atoms with van der Waals surface area (Å²) in [5.74, 6) is 0. The lowest BCUT2D eigenvalue weighted by Crippen LogP contribution is -2.36. The Morgan fingerprint density at radius 3 is 2.31 bits per heavy atom. The van der Waals surface area contributed by atoms with Gasteiger partial charge < -0.3 is 22.1 Å². The van der Waals surface area contributed by atoms with Crippen molar-refractivity contribution in [3.8, 4) is 0 Å². The first-order valence-electron chi connectivity index (χ1n) is 5.19. The van der Waals surface area contributed by atoms with Crippen molar-refractivity contribution in [2.75, 3.05) is 32.7 Å². The second-order valence-corrected chi connectivity index (χ2v) is 3.18. The summed E-state index contributed by atoms with van der Waals surface area (Å²) in [4.78, 5) is 0. The second kappa shape index (κ2) is 9.92. The van der Waals surface area contributed by atoms with Crippen molar-refractivity contribution in [3.63, 3.8) is 0 Å². The molecular weight excluding hydrogens is 164 g/mol. The molecule has 0 radical (unpaired) electrons. The Kier molecular flexibility index (Phi) is 9.80. The van der Waals surface area contributed by atoms with Gasteiger partial charge in [0.25, 0.3) is 0 Å². The molecule has 0 spiro atoms. The van der Waals surface area contributed by atoms with Gasteiger partial charge in [-0.1, -0.05) is 6.92 Å². The van der Waals surface area contributed by atoms with E-state index in [2.05, 4.69) is 17.6 Å². The molecule has 0 aromatic carbocycles. The minimum absolute atomic E-state index is 0.592. The standard InChI is InChI=1S/C9H24N4/c1-2-9(13-8-5-11)3-6-12-7-4-10/h9,12-13H,2-8,10-11H2,1H3. The topological polar surface area (TPSA) is 76.1 Å². The zero-order valence-corrected chi connectivity index (χ0v) is 8.68. The summed E-state index contributed by atoms with van der Waals surface area (Å²) in [7, 11) is 0. The lowest BCUT2D eigenvalue weighted by molar-refractivity contribution is 0.459. The van der Waals surface area contributed by atoms with Crippen LogP contribution in [0.1, 0.15) is 19.8 Å². The van der Waals surface area contributed by atoms with Crippen molar-refractivity contribution in [3.05, 3.63) is 0 Å². The molecule has 4 nitrogen and oxygen atoms in total. The lowest BCUT2D eigenvalue weighted by Gasteiger charge is -2.16. The van der Waals surface area contributed by atoms with Crippen molar-refractivity contribution < 1.29 is 0 Å². The number of rotatable bonds is 9. The third-order valence-electron chi connectivity index (χ3n) is 2.06. The van der Waals surface area contributed by atoms with Crippen LogP contribution in [0.2, 0.25) is 0 Å². The molecule has 0 bridgehead atoms. The maximum Gasteiger partial charge on any atom is 0.00771 e. The van der Waals surface area contributed by atoms with E-state index in [0.717, 1.165) is 32.5 Å². The van der Waals surface area contributed by atoms with Crippen LogP contribution in [0.15, 0.2) is 0 Å². The molecule has 0 aromatic heterocycles. The van der Waals surface area contributed by atoms with E-state index in [1.165, 1.54) is 0 Å². The van der Waals surface area contributed by atoms with Gasteiger partial charge >= 0.3 is 0 Å². The van der Waals surface area contributed by atoms with Gasteiger partial charge in [0.2, 0.25) is 0 Å². The highest BCUT2D eigenvalue weighted by Gasteiger charge is 2.02. The van der Waals surface area contributed by atoms with Gasteiger partial charge in [-0.05, 0) is 19.4 Å². The van der Waals surface area contributed by atoms with Gasteiger partial charge in [-0.25, -0.2) is 0 Å². The molecule has 0 aliphatic heterocycles. The van der Waals surface area contributed by atoms with Crippen LogP contribution in [0.5, 0.6) is 0 Å². The lowest BCUT2D eigenvalue weighted by atomic mass is 10.1. The third kappa shape index (κ3) is 8.18. The van der Waals surface area contributed by atoms with Crippen molar-refractivity contribution in [1.29, 1.82) is 0 Å². The maximum atomic E-state index is 5.41. The smallest absolute Gasteiger partial charge is 0.00771 e. The van der Waals surface area contributed by atoms with Crippen LogP contribution in [0.25, 0.3) is 0 Å². The molecule has 1 atom stereocenters.